The molecular formula is C14H15IO2Si. The Bertz CT molecular complexity index is 512. The Balaban J connectivity index is 2.62. The lowest BCUT2D eigenvalue weighted by Crippen LogP contribution is -2.63. The molecule has 0 fully saturated rings. The number of halogens is 1. The van der Waals surface area contributed by atoms with Crippen molar-refractivity contribution < 1.29 is 8.85 Å². The van der Waals surface area contributed by atoms with E-state index in [9.17, 15) is 0 Å². The normalized spacial score (nSPS) is 11.5. The van der Waals surface area contributed by atoms with E-state index < -0.39 is 8.56 Å². The maximum atomic E-state index is 5.85. The molecule has 0 aromatic heterocycles. The number of rotatable bonds is 4. The third kappa shape index (κ3) is 2.38. The van der Waals surface area contributed by atoms with Crippen LogP contribution in [0.2, 0.25) is 0 Å². The van der Waals surface area contributed by atoms with Crippen molar-refractivity contribution in [3.05, 3.63) is 58.2 Å². The van der Waals surface area contributed by atoms with Crippen LogP contribution in [-0.4, -0.2) is 22.8 Å². The van der Waals surface area contributed by atoms with Gasteiger partial charge in [0.25, 0.3) is 0 Å². The fourth-order valence-corrected chi connectivity index (χ4v) is 6.27. The van der Waals surface area contributed by atoms with Crippen molar-refractivity contribution in [3.8, 4) is 0 Å². The van der Waals surface area contributed by atoms with E-state index in [1.54, 1.807) is 14.2 Å². The second-order valence-corrected chi connectivity index (χ2v) is 8.20. The van der Waals surface area contributed by atoms with E-state index in [0.717, 1.165) is 10.4 Å². The Hall–Kier alpha value is -0.693. The lowest BCUT2D eigenvalue weighted by atomic mass is 10.4. The van der Waals surface area contributed by atoms with Crippen LogP contribution in [0.4, 0.5) is 0 Å². The maximum absolute atomic E-state index is 5.85. The molecule has 0 heterocycles. The largest absolute Gasteiger partial charge is 0.407 e. The second kappa shape index (κ2) is 5.97. The van der Waals surface area contributed by atoms with Gasteiger partial charge in [-0.25, -0.2) is 0 Å². The number of hydrogen-bond donors (Lipinski definition) is 0. The van der Waals surface area contributed by atoms with Gasteiger partial charge in [-0.2, -0.15) is 0 Å². The monoisotopic (exact) mass is 370 g/mol. The van der Waals surface area contributed by atoms with Gasteiger partial charge in [-0.3, -0.25) is 0 Å². The first-order chi connectivity index (χ1) is 8.74. The molecule has 2 aromatic rings. The van der Waals surface area contributed by atoms with Crippen molar-refractivity contribution in [3.63, 3.8) is 0 Å². The summed E-state index contributed by atoms with van der Waals surface area (Å²) in [6.07, 6.45) is 0. The molecule has 0 unspecified atom stereocenters. The molecule has 2 aromatic carbocycles. The van der Waals surface area contributed by atoms with E-state index in [4.69, 9.17) is 8.85 Å². The highest BCUT2D eigenvalue weighted by atomic mass is 127. The van der Waals surface area contributed by atoms with Gasteiger partial charge in [0.05, 0.1) is 0 Å². The molecule has 0 amide bonds. The quantitative estimate of drug-likeness (QED) is 0.607. The molecule has 18 heavy (non-hydrogen) atoms. The lowest BCUT2D eigenvalue weighted by molar-refractivity contribution is 0.272. The van der Waals surface area contributed by atoms with Crippen LogP contribution in [-0.2, 0) is 8.85 Å². The Kier molecular flexibility index (Phi) is 4.55. The van der Waals surface area contributed by atoms with E-state index >= 15 is 0 Å². The second-order valence-electron chi connectivity index (χ2n) is 3.87. The predicted octanol–water partition coefficient (Wildman–Crippen LogP) is 2.14. The van der Waals surface area contributed by atoms with Crippen LogP contribution >= 0.6 is 22.6 Å². The maximum Gasteiger partial charge on any atom is 0.407 e. The topological polar surface area (TPSA) is 18.5 Å². The van der Waals surface area contributed by atoms with Crippen LogP contribution in [0.3, 0.4) is 0 Å². The van der Waals surface area contributed by atoms with Gasteiger partial charge in [0.1, 0.15) is 0 Å². The first-order valence-corrected chi connectivity index (χ1v) is 8.55. The van der Waals surface area contributed by atoms with Gasteiger partial charge in [-0.05, 0) is 33.8 Å². The summed E-state index contributed by atoms with van der Waals surface area (Å²) in [6.45, 7) is 0. The highest BCUT2D eigenvalue weighted by Gasteiger charge is 2.41. The molecule has 0 aliphatic rings. The van der Waals surface area contributed by atoms with E-state index in [-0.39, 0.29) is 0 Å². The smallest absolute Gasteiger partial charge is 0.391 e. The summed E-state index contributed by atoms with van der Waals surface area (Å²) in [5, 5.41) is 2.28. The lowest BCUT2D eigenvalue weighted by Gasteiger charge is -2.28. The third-order valence-corrected chi connectivity index (χ3v) is 7.80. The van der Waals surface area contributed by atoms with E-state index in [2.05, 4.69) is 46.9 Å². The molecular weight excluding hydrogens is 355 g/mol. The van der Waals surface area contributed by atoms with E-state index in [1.165, 1.54) is 3.57 Å². The summed E-state index contributed by atoms with van der Waals surface area (Å²) in [6, 6.07) is 18.4. The van der Waals surface area contributed by atoms with Crippen molar-refractivity contribution in [1.82, 2.24) is 0 Å². The van der Waals surface area contributed by atoms with Crippen molar-refractivity contribution in [2.24, 2.45) is 0 Å². The van der Waals surface area contributed by atoms with E-state index in [0.29, 0.717) is 0 Å². The Labute approximate surface area is 122 Å². The van der Waals surface area contributed by atoms with Crippen molar-refractivity contribution in [2.45, 2.75) is 0 Å². The zero-order chi connectivity index (χ0) is 13.0. The summed E-state index contributed by atoms with van der Waals surface area (Å²) in [7, 11) is 0.908. The van der Waals surface area contributed by atoms with Gasteiger partial charge in [-0.1, -0.05) is 48.5 Å². The Morgan fingerprint density at radius 2 is 1.39 bits per heavy atom. The van der Waals surface area contributed by atoms with Gasteiger partial charge in [-0.15, -0.1) is 0 Å². The molecule has 4 heteroatoms. The molecule has 0 aliphatic heterocycles. The summed E-state index contributed by atoms with van der Waals surface area (Å²) < 4.78 is 12.9. The summed E-state index contributed by atoms with van der Waals surface area (Å²) in [4.78, 5) is 0. The Morgan fingerprint density at radius 1 is 0.833 bits per heavy atom. The number of hydrogen-bond acceptors (Lipinski definition) is 2. The van der Waals surface area contributed by atoms with E-state index in [1.807, 2.05) is 30.3 Å². The minimum atomic E-state index is -2.55. The van der Waals surface area contributed by atoms with Crippen LogP contribution in [0.1, 0.15) is 0 Å². The molecule has 0 atom stereocenters. The fraction of sp³-hybridized carbons (Fsp3) is 0.143. The molecule has 0 N–H and O–H groups in total. The zero-order valence-corrected chi connectivity index (χ0v) is 13.5. The number of benzene rings is 2. The molecule has 0 bridgehead atoms. The highest BCUT2D eigenvalue weighted by molar-refractivity contribution is 14.1. The third-order valence-electron chi connectivity index (χ3n) is 2.96. The predicted molar refractivity (Wildman–Crippen MR) is 84.6 cm³/mol. The molecule has 0 aliphatic carbocycles. The van der Waals surface area contributed by atoms with Crippen LogP contribution in [0, 0.1) is 3.57 Å². The molecule has 0 saturated heterocycles. The fourth-order valence-electron chi connectivity index (χ4n) is 2.08. The van der Waals surface area contributed by atoms with Gasteiger partial charge >= 0.3 is 8.56 Å². The van der Waals surface area contributed by atoms with Crippen LogP contribution < -0.4 is 10.4 Å². The van der Waals surface area contributed by atoms with Crippen LogP contribution in [0.5, 0.6) is 0 Å². The van der Waals surface area contributed by atoms with Crippen LogP contribution in [0.25, 0.3) is 0 Å². The van der Waals surface area contributed by atoms with Gasteiger partial charge in [0.2, 0.25) is 0 Å². The molecule has 94 valence electrons. The minimum Gasteiger partial charge on any atom is -0.391 e. The molecule has 0 spiro atoms. The summed E-state index contributed by atoms with van der Waals surface area (Å²) in [5.41, 5.74) is 0. The first-order valence-electron chi connectivity index (χ1n) is 5.65. The zero-order valence-electron chi connectivity index (χ0n) is 10.4. The highest BCUT2D eigenvalue weighted by Crippen LogP contribution is 2.12. The average molecular weight is 370 g/mol. The first kappa shape index (κ1) is 13.7. The van der Waals surface area contributed by atoms with Crippen molar-refractivity contribution in [1.29, 1.82) is 0 Å². The SMILES string of the molecule is CO[Si](OC)(c1ccccc1)c1ccccc1I. The van der Waals surface area contributed by atoms with Gasteiger partial charge in [0, 0.05) is 23.0 Å². The molecule has 2 nitrogen and oxygen atoms in total. The standard InChI is InChI=1S/C14H15IO2Si/c1-16-18(17-2,12-8-4-3-5-9-12)14-11-7-6-10-13(14)15/h3-11H,1-2H3. The van der Waals surface area contributed by atoms with Gasteiger partial charge < -0.3 is 8.85 Å². The average Bonchev–Trinajstić information content (AvgIpc) is 2.44. The Morgan fingerprint density at radius 3 is 1.94 bits per heavy atom. The molecule has 2 rings (SSSR count). The molecule has 0 radical (unpaired) electrons. The summed E-state index contributed by atoms with van der Waals surface area (Å²) >= 11 is 2.33. The van der Waals surface area contributed by atoms with Crippen molar-refractivity contribution in [2.75, 3.05) is 14.2 Å². The minimum absolute atomic E-state index is 1.12. The van der Waals surface area contributed by atoms with Crippen LogP contribution in [0.15, 0.2) is 54.6 Å². The summed E-state index contributed by atoms with van der Waals surface area (Å²) in [5.74, 6) is 0. The van der Waals surface area contributed by atoms with Gasteiger partial charge in [0.15, 0.2) is 0 Å². The van der Waals surface area contributed by atoms with Crippen molar-refractivity contribution >= 4 is 41.5 Å². The molecule has 0 saturated carbocycles.